The van der Waals surface area contributed by atoms with Crippen LogP contribution in [0.1, 0.15) is 36.0 Å². The number of nitrogens with zero attached hydrogens (tertiary/aromatic N) is 3. The molecule has 1 aliphatic rings. The fourth-order valence-corrected chi connectivity index (χ4v) is 3.87. The minimum absolute atomic E-state index is 0.0876. The molecule has 0 aliphatic carbocycles. The van der Waals surface area contributed by atoms with Gasteiger partial charge in [0.05, 0.1) is 0 Å². The highest BCUT2D eigenvalue weighted by molar-refractivity contribution is 5.95. The summed E-state index contributed by atoms with van der Waals surface area (Å²) in [7, 11) is 0. The SMILES string of the molecule is O=C(NCCCN1CCCCC1)c1cccc(Nc2ccnc(-c3cccc(F)c3)n2)c1. The van der Waals surface area contributed by atoms with E-state index >= 15 is 0 Å². The number of hydrogen-bond acceptors (Lipinski definition) is 5. The Hall–Kier alpha value is -3.32. The van der Waals surface area contributed by atoms with E-state index in [-0.39, 0.29) is 11.7 Å². The summed E-state index contributed by atoms with van der Waals surface area (Å²) in [6, 6.07) is 15.2. The van der Waals surface area contributed by atoms with Crippen molar-refractivity contribution in [2.24, 2.45) is 0 Å². The first-order valence-corrected chi connectivity index (χ1v) is 11.1. The second-order valence-electron chi connectivity index (χ2n) is 7.99. The van der Waals surface area contributed by atoms with Gasteiger partial charge in [0.15, 0.2) is 5.82 Å². The van der Waals surface area contributed by atoms with Crippen molar-refractivity contribution in [3.05, 3.63) is 72.2 Å². The number of hydrogen-bond donors (Lipinski definition) is 2. The molecule has 1 fully saturated rings. The Morgan fingerprint density at radius 2 is 1.88 bits per heavy atom. The van der Waals surface area contributed by atoms with Crippen LogP contribution in [0, 0.1) is 5.82 Å². The first-order valence-electron chi connectivity index (χ1n) is 11.1. The van der Waals surface area contributed by atoms with Crippen molar-refractivity contribution >= 4 is 17.4 Å². The summed E-state index contributed by atoms with van der Waals surface area (Å²) in [6.45, 7) is 4.04. The van der Waals surface area contributed by atoms with Crippen molar-refractivity contribution in [1.29, 1.82) is 0 Å². The van der Waals surface area contributed by atoms with E-state index in [1.165, 1.54) is 44.5 Å². The Morgan fingerprint density at radius 3 is 2.72 bits per heavy atom. The average Bonchev–Trinajstić information content (AvgIpc) is 2.83. The maximum atomic E-state index is 13.5. The van der Waals surface area contributed by atoms with Gasteiger partial charge in [-0.1, -0.05) is 24.6 Å². The van der Waals surface area contributed by atoms with Gasteiger partial charge in [-0.05, 0) is 75.3 Å². The number of rotatable bonds is 8. The zero-order valence-electron chi connectivity index (χ0n) is 18.1. The molecule has 0 atom stereocenters. The molecule has 1 aliphatic heterocycles. The third kappa shape index (κ3) is 6.11. The van der Waals surface area contributed by atoms with E-state index in [1.807, 2.05) is 12.1 Å². The molecule has 0 unspecified atom stereocenters. The molecule has 166 valence electrons. The topological polar surface area (TPSA) is 70.2 Å². The van der Waals surface area contributed by atoms with Crippen LogP contribution in [0.25, 0.3) is 11.4 Å². The van der Waals surface area contributed by atoms with E-state index in [9.17, 15) is 9.18 Å². The second kappa shape index (κ2) is 10.8. The van der Waals surface area contributed by atoms with Gasteiger partial charge in [0.1, 0.15) is 11.6 Å². The summed E-state index contributed by atoms with van der Waals surface area (Å²) in [6.07, 6.45) is 6.46. The molecule has 0 saturated carbocycles. The number of likely N-dealkylation sites (tertiary alicyclic amines) is 1. The van der Waals surface area contributed by atoms with Gasteiger partial charge >= 0.3 is 0 Å². The first kappa shape index (κ1) is 21.9. The molecule has 2 N–H and O–H groups in total. The molecule has 2 heterocycles. The van der Waals surface area contributed by atoms with E-state index < -0.39 is 0 Å². The number of carbonyl (C=O) groups is 1. The summed E-state index contributed by atoms with van der Waals surface area (Å²) in [5.74, 6) is 0.574. The molecule has 32 heavy (non-hydrogen) atoms. The summed E-state index contributed by atoms with van der Waals surface area (Å²) in [5, 5.41) is 6.21. The fourth-order valence-electron chi connectivity index (χ4n) is 3.87. The van der Waals surface area contributed by atoms with E-state index in [2.05, 4.69) is 25.5 Å². The van der Waals surface area contributed by atoms with Crippen molar-refractivity contribution in [3.63, 3.8) is 0 Å². The summed E-state index contributed by atoms with van der Waals surface area (Å²) < 4.78 is 13.5. The van der Waals surface area contributed by atoms with Crippen LogP contribution in [0.2, 0.25) is 0 Å². The summed E-state index contributed by atoms with van der Waals surface area (Å²) in [4.78, 5) is 23.7. The van der Waals surface area contributed by atoms with Gasteiger partial charge in [0.25, 0.3) is 5.91 Å². The van der Waals surface area contributed by atoms with Gasteiger partial charge < -0.3 is 15.5 Å². The van der Waals surface area contributed by atoms with Crippen molar-refractivity contribution in [2.45, 2.75) is 25.7 Å². The number of aromatic nitrogens is 2. The van der Waals surface area contributed by atoms with Crippen LogP contribution in [0.4, 0.5) is 15.9 Å². The molecule has 3 aromatic rings. The van der Waals surface area contributed by atoms with Crippen LogP contribution >= 0.6 is 0 Å². The minimum atomic E-state index is -0.334. The number of benzene rings is 2. The molecule has 4 rings (SSSR count). The second-order valence-corrected chi connectivity index (χ2v) is 7.99. The van der Waals surface area contributed by atoms with Crippen molar-refractivity contribution < 1.29 is 9.18 Å². The Balaban J connectivity index is 1.33. The van der Waals surface area contributed by atoms with Crippen molar-refractivity contribution in [2.75, 3.05) is 31.5 Å². The van der Waals surface area contributed by atoms with Crippen LogP contribution in [-0.2, 0) is 0 Å². The normalized spacial score (nSPS) is 14.2. The van der Waals surface area contributed by atoms with Crippen LogP contribution in [0.15, 0.2) is 60.8 Å². The number of amides is 1. The standard InChI is InChI=1S/C25H28FN5O/c26-21-9-4-7-19(17-21)24-27-13-11-23(30-24)29-22-10-5-8-20(18-22)25(32)28-12-6-16-31-14-2-1-3-15-31/h4-5,7-11,13,17-18H,1-3,6,12,14-16H2,(H,28,32)(H,27,29,30). The van der Waals surface area contributed by atoms with Crippen LogP contribution < -0.4 is 10.6 Å². The maximum Gasteiger partial charge on any atom is 0.251 e. The lowest BCUT2D eigenvalue weighted by Crippen LogP contribution is -2.33. The third-order valence-electron chi connectivity index (χ3n) is 5.52. The molecule has 0 radical (unpaired) electrons. The minimum Gasteiger partial charge on any atom is -0.352 e. The lowest BCUT2D eigenvalue weighted by Gasteiger charge is -2.26. The molecule has 7 heteroatoms. The van der Waals surface area contributed by atoms with Gasteiger partial charge in [-0.3, -0.25) is 4.79 Å². The number of carbonyl (C=O) groups excluding carboxylic acids is 1. The highest BCUT2D eigenvalue weighted by Crippen LogP contribution is 2.20. The average molecular weight is 434 g/mol. The van der Waals surface area contributed by atoms with Gasteiger partial charge in [0.2, 0.25) is 0 Å². The quantitative estimate of drug-likeness (QED) is 0.507. The van der Waals surface area contributed by atoms with Gasteiger partial charge in [-0.15, -0.1) is 0 Å². The van der Waals surface area contributed by atoms with Crippen molar-refractivity contribution in [3.8, 4) is 11.4 Å². The largest absolute Gasteiger partial charge is 0.352 e. The number of piperidine rings is 1. The fraction of sp³-hybridized carbons (Fsp3) is 0.320. The smallest absolute Gasteiger partial charge is 0.251 e. The van der Waals surface area contributed by atoms with E-state index in [1.54, 1.807) is 36.5 Å². The number of anilines is 2. The molecule has 0 spiro atoms. The Labute approximate surface area is 187 Å². The summed E-state index contributed by atoms with van der Waals surface area (Å²) in [5.41, 5.74) is 1.94. The number of halogens is 1. The first-order chi connectivity index (χ1) is 15.7. The number of nitrogens with one attached hydrogen (secondary N) is 2. The molecular formula is C25H28FN5O. The van der Waals surface area contributed by atoms with Crippen LogP contribution in [0.3, 0.4) is 0 Å². The monoisotopic (exact) mass is 433 g/mol. The molecule has 1 saturated heterocycles. The van der Waals surface area contributed by atoms with Crippen LogP contribution in [-0.4, -0.2) is 47.0 Å². The lowest BCUT2D eigenvalue weighted by molar-refractivity contribution is 0.0951. The van der Waals surface area contributed by atoms with Crippen molar-refractivity contribution in [1.82, 2.24) is 20.2 Å². The predicted octanol–water partition coefficient (Wildman–Crippen LogP) is 4.63. The molecular weight excluding hydrogens is 405 g/mol. The molecule has 2 aromatic carbocycles. The van der Waals surface area contributed by atoms with E-state index in [0.717, 1.165) is 18.7 Å². The summed E-state index contributed by atoms with van der Waals surface area (Å²) >= 11 is 0. The maximum absolute atomic E-state index is 13.5. The predicted molar refractivity (Wildman–Crippen MR) is 124 cm³/mol. The van der Waals surface area contributed by atoms with E-state index in [4.69, 9.17) is 0 Å². The van der Waals surface area contributed by atoms with Gasteiger partial charge in [0, 0.05) is 29.6 Å². The van der Waals surface area contributed by atoms with E-state index in [0.29, 0.717) is 29.3 Å². The van der Waals surface area contributed by atoms with Gasteiger partial charge in [-0.25, -0.2) is 14.4 Å². The zero-order chi connectivity index (χ0) is 22.2. The van der Waals surface area contributed by atoms with Crippen LogP contribution in [0.5, 0.6) is 0 Å². The lowest BCUT2D eigenvalue weighted by atomic mass is 10.1. The zero-order valence-corrected chi connectivity index (χ0v) is 18.1. The third-order valence-corrected chi connectivity index (χ3v) is 5.52. The molecule has 1 amide bonds. The highest BCUT2D eigenvalue weighted by Gasteiger charge is 2.11. The Bertz CT molecular complexity index is 1050. The molecule has 1 aromatic heterocycles. The molecule has 6 nitrogen and oxygen atoms in total. The molecule has 0 bridgehead atoms. The Kier molecular flexibility index (Phi) is 7.40. The Morgan fingerprint density at radius 1 is 1.03 bits per heavy atom. The highest BCUT2D eigenvalue weighted by atomic mass is 19.1. The van der Waals surface area contributed by atoms with Gasteiger partial charge in [-0.2, -0.15) is 0 Å².